The molecule has 0 aliphatic carbocycles. The maximum absolute atomic E-state index is 4.16. The number of hydrogen-bond donors (Lipinski definition) is 1. The molecule has 1 saturated heterocycles. The fourth-order valence-corrected chi connectivity index (χ4v) is 1.61. The normalized spacial score (nSPS) is 18.4. The van der Waals surface area contributed by atoms with Crippen LogP contribution in [0.25, 0.3) is 0 Å². The Kier molecular flexibility index (Phi) is 3.06. The summed E-state index contributed by atoms with van der Waals surface area (Å²) in [5, 5.41) is 11.5. The zero-order chi connectivity index (χ0) is 9.80. The van der Waals surface area contributed by atoms with Crippen molar-refractivity contribution in [3.8, 4) is 0 Å². The van der Waals surface area contributed by atoms with Crippen LogP contribution >= 0.6 is 0 Å². The highest BCUT2D eigenvalue weighted by Gasteiger charge is 2.10. The smallest absolute Gasteiger partial charge is 0.0771 e. The number of aryl methyl sites for hydroxylation is 1. The van der Waals surface area contributed by atoms with E-state index in [4.69, 9.17) is 0 Å². The number of nitrogens with one attached hydrogen (secondary N) is 1. The lowest BCUT2D eigenvalue weighted by Gasteiger charge is -2.26. The van der Waals surface area contributed by atoms with Gasteiger partial charge in [-0.15, -0.1) is 0 Å². The van der Waals surface area contributed by atoms with Crippen molar-refractivity contribution < 1.29 is 0 Å². The van der Waals surface area contributed by atoms with Gasteiger partial charge in [-0.1, -0.05) is 0 Å². The molecule has 2 rings (SSSR count). The minimum absolute atomic E-state index is 0.926. The molecule has 0 atom stereocenters. The molecule has 0 radical (unpaired) electrons. The maximum Gasteiger partial charge on any atom is 0.0771 e. The van der Waals surface area contributed by atoms with E-state index in [0.29, 0.717) is 0 Å². The molecule has 0 amide bonds. The Bertz CT molecular complexity index is 277. The Labute approximate surface area is 84.3 Å². The van der Waals surface area contributed by atoms with Crippen LogP contribution in [0.4, 0.5) is 0 Å². The zero-order valence-corrected chi connectivity index (χ0v) is 8.53. The van der Waals surface area contributed by atoms with Gasteiger partial charge >= 0.3 is 0 Å². The van der Waals surface area contributed by atoms with Crippen LogP contribution in [0.15, 0.2) is 12.1 Å². The predicted molar refractivity (Wildman–Crippen MR) is 54.9 cm³/mol. The molecule has 1 fully saturated rings. The largest absolute Gasteiger partial charge is 0.314 e. The zero-order valence-electron chi connectivity index (χ0n) is 8.53. The van der Waals surface area contributed by atoms with Gasteiger partial charge in [0.15, 0.2) is 0 Å². The van der Waals surface area contributed by atoms with Gasteiger partial charge in [0.05, 0.1) is 11.4 Å². The van der Waals surface area contributed by atoms with E-state index < -0.39 is 0 Å². The third-order valence-corrected chi connectivity index (χ3v) is 2.45. The number of piperazine rings is 1. The second-order valence-corrected chi connectivity index (χ2v) is 3.69. The summed E-state index contributed by atoms with van der Waals surface area (Å²) in [6.07, 6.45) is 0. The van der Waals surface area contributed by atoms with E-state index in [9.17, 15) is 0 Å². The Balaban J connectivity index is 1.92. The van der Waals surface area contributed by atoms with Crippen molar-refractivity contribution in [3.05, 3.63) is 23.5 Å². The summed E-state index contributed by atoms with van der Waals surface area (Å²) in [5.74, 6) is 0. The number of hydrogen-bond acceptors (Lipinski definition) is 4. The Morgan fingerprint density at radius 1 is 1.29 bits per heavy atom. The van der Waals surface area contributed by atoms with Crippen LogP contribution in [0.1, 0.15) is 11.4 Å². The SMILES string of the molecule is Cc1ccc(CN2CCNCC2)nn1. The van der Waals surface area contributed by atoms with Crippen molar-refractivity contribution in [1.82, 2.24) is 20.4 Å². The summed E-state index contributed by atoms with van der Waals surface area (Å²) in [6.45, 7) is 7.26. The standard InChI is InChI=1S/C10H16N4/c1-9-2-3-10(13-12-9)8-14-6-4-11-5-7-14/h2-3,11H,4-8H2,1H3. The molecular formula is C10H16N4. The lowest BCUT2D eigenvalue weighted by molar-refractivity contribution is 0.230. The van der Waals surface area contributed by atoms with Crippen molar-refractivity contribution in [2.24, 2.45) is 0 Å². The van der Waals surface area contributed by atoms with Crippen LogP contribution in [-0.4, -0.2) is 41.3 Å². The molecule has 0 saturated carbocycles. The summed E-state index contributed by atoms with van der Waals surface area (Å²) in [7, 11) is 0. The second-order valence-electron chi connectivity index (χ2n) is 3.69. The number of rotatable bonds is 2. The number of aromatic nitrogens is 2. The van der Waals surface area contributed by atoms with Crippen LogP contribution in [0.2, 0.25) is 0 Å². The molecule has 0 bridgehead atoms. The lowest BCUT2D eigenvalue weighted by Crippen LogP contribution is -2.43. The predicted octanol–water partition coefficient (Wildman–Crippen LogP) is 0.190. The summed E-state index contributed by atoms with van der Waals surface area (Å²) >= 11 is 0. The van der Waals surface area contributed by atoms with E-state index in [-0.39, 0.29) is 0 Å². The molecular weight excluding hydrogens is 176 g/mol. The van der Waals surface area contributed by atoms with Gasteiger partial charge in [-0.3, -0.25) is 4.90 Å². The van der Waals surface area contributed by atoms with Gasteiger partial charge < -0.3 is 5.32 Å². The molecule has 2 heterocycles. The lowest BCUT2D eigenvalue weighted by atomic mass is 10.3. The van der Waals surface area contributed by atoms with E-state index in [1.165, 1.54) is 0 Å². The van der Waals surface area contributed by atoms with Crippen molar-refractivity contribution >= 4 is 0 Å². The monoisotopic (exact) mass is 192 g/mol. The van der Waals surface area contributed by atoms with Crippen LogP contribution < -0.4 is 5.32 Å². The van der Waals surface area contributed by atoms with E-state index in [0.717, 1.165) is 44.1 Å². The van der Waals surface area contributed by atoms with Gasteiger partial charge in [0.1, 0.15) is 0 Å². The highest BCUT2D eigenvalue weighted by atomic mass is 15.2. The maximum atomic E-state index is 4.16. The second kappa shape index (κ2) is 4.48. The number of nitrogens with zero attached hydrogens (tertiary/aromatic N) is 3. The van der Waals surface area contributed by atoms with Crippen LogP contribution in [0, 0.1) is 6.92 Å². The van der Waals surface area contributed by atoms with Crippen LogP contribution in [-0.2, 0) is 6.54 Å². The van der Waals surface area contributed by atoms with Gasteiger partial charge in [0.25, 0.3) is 0 Å². The third kappa shape index (κ3) is 2.49. The van der Waals surface area contributed by atoms with E-state index >= 15 is 0 Å². The minimum atomic E-state index is 0.926. The van der Waals surface area contributed by atoms with Crippen LogP contribution in [0.5, 0.6) is 0 Å². The van der Waals surface area contributed by atoms with Gasteiger partial charge in [-0.05, 0) is 19.1 Å². The first-order valence-electron chi connectivity index (χ1n) is 5.07. The summed E-state index contributed by atoms with van der Waals surface area (Å²) in [4.78, 5) is 2.40. The first-order valence-corrected chi connectivity index (χ1v) is 5.07. The first kappa shape index (κ1) is 9.55. The fraction of sp³-hybridized carbons (Fsp3) is 0.600. The molecule has 0 unspecified atom stereocenters. The molecule has 1 aromatic rings. The first-order chi connectivity index (χ1) is 6.84. The van der Waals surface area contributed by atoms with Crippen molar-refractivity contribution in [2.45, 2.75) is 13.5 Å². The fourth-order valence-electron chi connectivity index (χ4n) is 1.61. The van der Waals surface area contributed by atoms with Gasteiger partial charge in [-0.25, -0.2) is 0 Å². The van der Waals surface area contributed by atoms with Crippen molar-refractivity contribution in [3.63, 3.8) is 0 Å². The molecule has 14 heavy (non-hydrogen) atoms. The Morgan fingerprint density at radius 2 is 2.07 bits per heavy atom. The molecule has 0 spiro atoms. The Hall–Kier alpha value is -1.00. The Morgan fingerprint density at radius 3 is 2.71 bits per heavy atom. The molecule has 4 nitrogen and oxygen atoms in total. The highest BCUT2D eigenvalue weighted by Crippen LogP contribution is 2.02. The van der Waals surface area contributed by atoms with E-state index in [1.807, 2.05) is 13.0 Å². The topological polar surface area (TPSA) is 41.0 Å². The molecule has 76 valence electrons. The van der Waals surface area contributed by atoms with Crippen molar-refractivity contribution in [2.75, 3.05) is 26.2 Å². The highest BCUT2D eigenvalue weighted by molar-refractivity contribution is 5.05. The van der Waals surface area contributed by atoms with Crippen LogP contribution in [0.3, 0.4) is 0 Å². The molecule has 1 N–H and O–H groups in total. The third-order valence-electron chi connectivity index (χ3n) is 2.45. The average molecular weight is 192 g/mol. The summed E-state index contributed by atoms with van der Waals surface area (Å²) < 4.78 is 0. The van der Waals surface area contributed by atoms with E-state index in [1.54, 1.807) is 0 Å². The van der Waals surface area contributed by atoms with Crippen molar-refractivity contribution in [1.29, 1.82) is 0 Å². The molecule has 1 aliphatic heterocycles. The van der Waals surface area contributed by atoms with Gasteiger partial charge in [0.2, 0.25) is 0 Å². The summed E-state index contributed by atoms with van der Waals surface area (Å²) in [5.41, 5.74) is 2.05. The van der Waals surface area contributed by atoms with E-state index in [2.05, 4.69) is 26.5 Å². The summed E-state index contributed by atoms with van der Waals surface area (Å²) in [6, 6.07) is 4.08. The minimum Gasteiger partial charge on any atom is -0.314 e. The molecule has 1 aliphatic rings. The van der Waals surface area contributed by atoms with Gasteiger partial charge in [-0.2, -0.15) is 10.2 Å². The average Bonchev–Trinajstić information content (AvgIpc) is 2.23. The molecule has 0 aromatic carbocycles. The molecule has 1 aromatic heterocycles. The quantitative estimate of drug-likeness (QED) is 0.726. The molecule has 4 heteroatoms. The van der Waals surface area contributed by atoms with Gasteiger partial charge in [0, 0.05) is 32.7 Å².